The van der Waals surface area contributed by atoms with Gasteiger partial charge in [0.05, 0.1) is 5.69 Å². The lowest BCUT2D eigenvalue weighted by Gasteiger charge is -2.04. The maximum atomic E-state index is 12.0. The molecule has 0 spiro atoms. The second-order valence-corrected chi connectivity index (χ2v) is 7.53. The maximum absolute atomic E-state index is 12.0. The van der Waals surface area contributed by atoms with Crippen LogP contribution in [-0.4, -0.2) is 30.5 Å². The van der Waals surface area contributed by atoms with Crippen molar-refractivity contribution in [3.63, 3.8) is 0 Å². The first-order valence-electron chi connectivity index (χ1n) is 6.47. The number of sulfone groups is 1. The van der Waals surface area contributed by atoms with Crippen molar-refractivity contribution in [3.8, 4) is 5.69 Å². The van der Waals surface area contributed by atoms with E-state index in [9.17, 15) is 8.42 Å². The van der Waals surface area contributed by atoms with Crippen LogP contribution >= 0.6 is 11.6 Å². The summed E-state index contributed by atoms with van der Waals surface area (Å²) in [5.74, 6) is 0.412. The van der Waals surface area contributed by atoms with E-state index in [1.54, 1.807) is 24.3 Å². The molecule has 0 saturated heterocycles. The number of rotatable bonds is 4. The third-order valence-corrected chi connectivity index (χ3v) is 4.63. The summed E-state index contributed by atoms with van der Waals surface area (Å²) >= 11 is 5.86. The molecule has 112 valence electrons. The second-order valence-electron chi connectivity index (χ2n) is 5.14. The molecule has 21 heavy (non-hydrogen) atoms. The van der Waals surface area contributed by atoms with Crippen molar-refractivity contribution < 1.29 is 8.42 Å². The minimum atomic E-state index is -3.47. The van der Waals surface area contributed by atoms with Gasteiger partial charge in [0, 0.05) is 17.3 Å². The summed E-state index contributed by atoms with van der Waals surface area (Å²) in [5.41, 5.74) is 6.66. The van der Waals surface area contributed by atoms with Gasteiger partial charge in [0.15, 0.2) is 20.6 Å². The topological polar surface area (TPSA) is 90.0 Å². The Labute approximate surface area is 127 Å². The summed E-state index contributed by atoms with van der Waals surface area (Å²) in [4.78, 5) is 0.0457. The summed E-state index contributed by atoms with van der Waals surface area (Å²) < 4.78 is 25.4. The molecule has 0 atom stereocenters. The summed E-state index contributed by atoms with van der Waals surface area (Å²) in [5, 5.41) is 8.02. The van der Waals surface area contributed by atoms with Crippen LogP contribution in [0.25, 0.3) is 5.69 Å². The van der Waals surface area contributed by atoms with E-state index in [1.807, 2.05) is 0 Å². The van der Waals surface area contributed by atoms with Crippen molar-refractivity contribution >= 4 is 33.1 Å². The van der Waals surface area contributed by atoms with E-state index in [0.717, 1.165) is 19.1 Å². The number of hydrogen-bond acceptors (Lipinski definition) is 5. The molecule has 3 N–H and O–H groups in total. The molecule has 1 fully saturated rings. The van der Waals surface area contributed by atoms with Crippen molar-refractivity contribution in [2.75, 3.05) is 17.3 Å². The molecule has 1 aromatic heterocycles. The molecule has 6 nitrogen and oxygen atoms in total. The average Bonchev–Trinajstić information content (AvgIpc) is 3.12. The molecular weight excluding hydrogens is 312 g/mol. The lowest BCUT2D eigenvalue weighted by Crippen LogP contribution is -2.07. The third kappa shape index (κ3) is 2.84. The van der Waals surface area contributed by atoms with Gasteiger partial charge < -0.3 is 11.1 Å². The predicted octanol–water partition coefficient (Wildman–Crippen LogP) is 2.09. The number of halogens is 1. The van der Waals surface area contributed by atoms with Gasteiger partial charge in [-0.2, -0.15) is 0 Å². The van der Waals surface area contributed by atoms with Gasteiger partial charge in [-0.1, -0.05) is 11.6 Å². The van der Waals surface area contributed by atoms with E-state index >= 15 is 0 Å². The quantitative estimate of drug-likeness (QED) is 0.897. The summed E-state index contributed by atoms with van der Waals surface area (Å²) in [6, 6.07) is 7.15. The van der Waals surface area contributed by atoms with Gasteiger partial charge in [-0.25, -0.2) is 13.1 Å². The Morgan fingerprint density at radius 2 is 1.95 bits per heavy atom. The van der Waals surface area contributed by atoms with Crippen molar-refractivity contribution in [1.29, 1.82) is 0 Å². The van der Waals surface area contributed by atoms with Crippen LogP contribution in [-0.2, 0) is 9.84 Å². The molecule has 1 aromatic carbocycles. The largest absolute Gasteiger partial charge is 0.382 e. The fourth-order valence-corrected chi connectivity index (χ4v) is 3.12. The zero-order chi connectivity index (χ0) is 15.2. The Bertz CT molecular complexity index is 779. The summed E-state index contributed by atoms with van der Waals surface area (Å²) in [7, 11) is -3.47. The fraction of sp³-hybridized carbons (Fsp3) is 0.308. The van der Waals surface area contributed by atoms with Crippen LogP contribution in [0.1, 0.15) is 12.8 Å². The zero-order valence-electron chi connectivity index (χ0n) is 11.4. The fourth-order valence-electron chi connectivity index (χ4n) is 2.08. The predicted molar refractivity (Wildman–Crippen MR) is 82.7 cm³/mol. The van der Waals surface area contributed by atoms with Gasteiger partial charge in [0.2, 0.25) is 0 Å². The number of nitrogens with one attached hydrogen (secondary N) is 1. The smallest absolute Gasteiger partial charge is 0.182 e. The molecular formula is C13H15ClN4O2S. The van der Waals surface area contributed by atoms with Crippen LogP contribution in [0.5, 0.6) is 0 Å². The van der Waals surface area contributed by atoms with Crippen LogP contribution in [0.2, 0.25) is 5.02 Å². The number of nitrogens with zero attached hydrogens (tertiary/aromatic N) is 2. The molecule has 2 aromatic rings. The minimum absolute atomic E-state index is 0.0457. The molecule has 1 aliphatic carbocycles. The van der Waals surface area contributed by atoms with E-state index in [0.29, 0.717) is 16.5 Å². The monoisotopic (exact) mass is 326 g/mol. The van der Waals surface area contributed by atoms with E-state index in [-0.39, 0.29) is 16.8 Å². The number of benzene rings is 1. The molecule has 8 heteroatoms. The van der Waals surface area contributed by atoms with Gasteiger partial charge >= 0.3 is 0 Å². The van der Waals surface area contributed by atoms with Crippen LogP contribution in [0.3, 0.4) is 0 Å². The highest BCUT2D eigenvalue weighted by atomic mass is 35.5. The van der Waals surface area contributed by atoms with Gasteiger partial charge in [-0.3, -0.25) is 0 Å². The molecule has 1 saturated carbocycles. The van der Waals surface area contributed by atoms with E-state index in [4.69, 9.17) is 17.3 Å². The molecule has 1 heterocycles. The molecule has 0 radical (unpaired) electrons. The molecule has 0 amide bonds. The Morgan fingerprint density at radius 1 is 1.33 bits per heavy atom. The molecule has 1 aliphatic rings. The number of hydrogen-bond donors (Lipinski definition) is 2. The van der Waals surface area contributed by atoms with Gasteiger partial charge in [0.1, 0.15) is 5.82 Å². The highest BCUT2D eigenvalue weighted by molar-refractivity contribution is 7.91. The van der Waals surface area contributed by atoms with Gasteiger partial charge in [-0.05, 0) is 37.1 Å². The Hall–Kier alpha value is -1.73. The van der Waals surface area contributed by atoms with E-state index < -0.39 is 9.84 Å². The number of aromatic nitrogens is 2. The summed E-state index contributed by atoms with van der Waals surface area (Å²) in [6.07, 6.45) is 3.15. The standard InChI is InChI=1S/C13H15ClN4O2S/c1-21(19,20)11-12(15)18(10-6-2-8(14)3-7-10)17-13(11)16-9-4-5-9/h2-3,6-7,9H,4-5,15H2,1H3,(H,16,17). The second kappa shape index (κ2) is 4.92. The number of anilines is 2. The van der Waals surface area contributed by atoms with Crippen LogP contribution in [0.15, 0.2) is 29.2 Å². The highest BCUT2D eigenvalue weighted by Crippen LogP contribution is 2.33. The molecule has 0 bridgehead atoms. The van der Waals surface area contributed by atoms with Crippen LogP contribution < -0.4 is 11.1 Å². The first-order chi connectivity index (χ1) is 9.86. The van der Waals surface area contributed by atoms with Gasteiger partial charge in [0.25, 0.3) is 0 Å². The van der Waals surface area contributed by atoms with Gasteiger partial charge in [-0.15, -0.1) is 5.10 Å². The van der Waals surface area contributed by atoms with Crippen molar-refractivity contribution in [1.82, 2.24) is 9.78 Å². The lowest BCUT2D eigenvalue weighted by molar-refractivity contribution is 0.602. The first kappa shape index (κ1) is 14.2. The van der Waals surface area contributed by atoms with E-state index in [1.165, 1.54) is 4.68 Å². The SMILES string of the molecule is CS(=O)(=O)c1c(NC2CC2)nn(-c2ccc(Cl)cc2)c1N. The third-order valence-electron chi connectivity index (χ3n) is 3.24. The van der Waals surface area contributed by atoms with Crippen molar-refractivity contribution in [3.05, 3.63) is 29.3 Å². The Morgan fingerprint density at radius 3 is 2.48 bits per heavy atom. The molecule has 3 rings (SSSR count). The first-order valence-corrected chi connectivity index (χ1v) is 8.74. The van der Waals surface area contributed by atoms with Crippen molar-refractivity contribution in [2.45, 2.75) is 23.8 Å². The van der Waals surface area contributed by atoms with E-state index in [2.05, 4.69) is 10.4 Å². The average molecular weight is 327 g/mol. The lowest BCUT2D eigenvalue weighted by atomic mass is 10.3. The van der Waals surface area contributed by atoms with Crippen LogP contribution in [0.4, 0.5) is 11.6 Å². The molecule has 0 aliphatic heterocycles. The summed E-state index contributed by atoms with van der Waals surface area (Å²) in [6.45, 7) is 0. The molecule has 0 unspecified atom stereocenters. The Kier molecular flexibility index (Phi) is 3.33. The minimum Gasteiger partial charge on any atom is -0.382 e. The number of nitrogen functional groups attached to an aromatic ring is 1. The van der Waals surface area contributed by atoms with Crippen LogP contribution in [0, 0.1) is 0 Å². The highest BCUT2D eigenvalue weighted by Gasteiger charge is 2.29. The normalized spacial score (nSPS) is 15.1. The number of nitrogens with two attached hydrogens (primary N) is 1. The maximum Gasteiger partial charge on any atom is 0.182 e. The van der Waals surface area contributed by atoms with Crippen molar-refractivity contribution in [2.24, 2.45) is 0 Å². The zero-order valence-corrected chi connectivity index (χ0v) is 12.9. The Balaban J connectivity index is 2.13.